The quantitative estimate of drug-likeness (QED) is 0.376. The molecule has 1 amide bonds. The van der Waals surface area contributed by atoms with E-state index >= 15 is 0 Å². The molecular weight excluding hydrogens is 542 g/mol. The highest BCUT2D eigenvalue weighted by Crippen LogP contribution is 2.38. The van der Waals surface area contributed by atoms with E-state index in [1.807, 2.05) is 74.0 Å². The maximum Gasteiger partial charge on any atom is 0.271 e. The molecule has 0 aliphatic carbocycles. The molecule has 5 rings (SSSR count). The molecule has 2 aromatic carbocycles. The molecular formula is C30H37N5O5S. The van der Waals surface area contributed by atoms with Crippen molar-refractivity contribution in [3.63, 3.8) is 0 Å². The van der Waals surface area contributed by atoms with Crippen LogP contribution in [0.25, 0.3) is 22.0 Å². The van der Waals surface area contributed by atoms with E-state index in [1.54, 1.807) is 16.5 Å². The number of carbonyl (C=O) groups is 1. The summed E-state index contributed by atoms with van der Waals surface area (Å²) in [6.07, 6.45) is 2.37. The molecule has 4 aromatic rings. The summed E-state index contributed by atoms with van der Waals surface area (Å²) in [6, 6.07) is 15.3. The zero-order chi connectivity index (χ0) is 29.5. The zero-order valence-corrected chi connectivity index (χ0v) is 24.9. The van der Waals surface area contributed by atoms with Crippen LogP contribution in [0.15, 0.2) is 66.1 Å². The van der Waals surface area contributed by atoms with Crippen molar-refractivity contribution in [2.45, 2.75) is 37.6 Å². The molecule has 0 saturated carbocycles. The van der Waals surface area contributed by atoms with Gasteiger partial charge in [0.15, 0.2) is 5.03 Å². The SMILES string of the molecule is C[C@@H]1CN([C@@H](C)CO)C(=O)c2c(c3ccccc3n2C)-c2ccccc2CO[C@@H]1CN(C)S(=O)(=O)c1cn(C)cn1. The lowest BCUT2D eigenvalue weighted by molar-refractivity contribution is -0.0147. The molecule has 1 aliphatic heterocycles. The van der Waals surface area contributed by atoms with Gasteiger partial charge in [-0.15, -0.1) is 0 Å². The first-order chi connectivity index (χ1) is 19.5. The molecule has 218 valence electrons. The lowest BCUT2D eigenvalue weighted by Gasteiger charge is -2.34. The van der Waals surface area contributed by atoms with E-state index in [1.165, 1.54) is 23.9 Å². The van der Waals surface area contributed by atoms with E-state index < -0.39 is 22.2 Å². The number of hydrogen-bond acceptors (Lipinski definition) is 6. The third kappa shape index (κ3) is 5.30. The Morgan fingerprint density at radius 1 is 1.15 bits per heavy atom. The molecule has 41 heavy (non-hydrogen) atoms. The van der Waals surface area contributed by atoms with Crippen molar-refractivity contribution in [3.05, 3.63) is 72.3 Å². The van der Waals surface area contributed by atoms with Gasteiger partial charge in [-0.3, -0.25) is 4.79 Å². The topological polar surface area (TPSA) is 110 Å². The number of aryl methyl sites for hydroxylation is 2. The molecule has 1 aliphatic rings. The fraction of sp³-hybridized carbons (Fsp3) is 0.400. The number of imidazole rings is 1. The van der Waals surface area contributed by atoms with Gasteiger partial charge in [0.2, 0.25) is 0 Å². The number of amides is 1. The standard InChI is InChI=1S/C30H37N5O5S/c1-20-14-35(21(2)17-36)30(37)29-28(24-12-8-9-13-25(24)34(29)5)23-11-7-6-10-22(23)18-40-26(20)15-33(4)41(38,39)27-16-32(3)19-31-27/h6-13,16,19-21,26,36H,14-15,17-18H2,1-5H3/t20-,21+,26-/m1/s1. The number of benzene rings is 2. The number of likely N-dealkylation sites (N-methyl/N-ethyl adjacent to an activating group) is 1. The van der Waals surface area contributed by atoms with E-state index in [4.69, 9.17) is 4.74 Å². The molecule has 0 spiro atoms. The Labute approximate surface area is 240 Å². The summed E-state index contributed by atoms with van der Waals surface area (Å²) in [5.41, 5.74) is 4.08. The number of ether oxygens (including phenoxy) is 1. The number of aliphatic hydroxyl groups excluding tert-OH is 1. The minimum Gasteiger partial charge on any atom is -0.394 e. The maximum atomic E-state index is 14.4. The lowest BCUT2D eigenvalue weighted by Crippen LogP contribution is -2.48. The van der Waals surface area contributed by atoms with E-state index in [0.29, 0.717) is 5.69 Å². The molecule has 11 heteroatoms. The number of aliphatic hydroxyl groups is 1. The van der Waals surface area contributed by atoms with Gasteiger partial charge in [0.05, 0.1) is 31.7 Å². The third-order valence-electron chi connectivity index (χ3n) is 8.02. The van der Waals surface area contributed by atoms with Crippen LogP contribution in [0.1, 0.15) is 29.9 Å². The number of rotatable bonds is 6. The van der Waals surface area contributed by atoms with Crippen LogP contribution in [-0.4, -0.2) is 81.6 Å². The zero-order valence-electron chi connectivity index (χ0n) is 24.1. The van der Waals surface area contributed by atoms with Gasteiger partial charge in [0.1, 0.15) is 5.69 Å². The smallest absolute Gasteiger partial charge is 0.271 e. The Morgan fingerprint density at radius 3 is 2.56 bits per heavy atom. The van der Waals surface area contributed by atoms with Gasteiger partial charge in [-0.1, -0.05) is 49.4 Å². The van der Waals surface area contributed by atoms with E-state index in [-0.39, 0.29) is 43.2 Å². The van der Waals surface area contributed by atoms with Crippen molar-refractivity contribution in [2.75, 3.05) is 26.7 Å². The van der Waals surface area contributed by atoms with Gasteiger partial charge in [-0.25, -0.2) is 13.4 Å². The number of sulfonamides is 1. The first kappa shape index (κ1) is 29.0. The van der Waals surface area contributed by atoms with Crippen LogP contribution >= 0.6 is 0 Å². The molecule has 0 radical (unpaired) electrons. The molecule has 3 atom stereocenters. The highest BCUT2D eigenvalue weighted by molar-refractivity contribution is 7.89. The summed E-state index contributed by atoms with van der Waals surface area (Å²) >= 11 is 0. The number of para-hydroxylation sites is 1. The molecule has 0 unspecified atom stereocenters. The molecule has 0 fully saturated rings. The Balaban J connectivity index is 1.61. The summed E-state index contributed by atoms with van der Waals surface area (Å²) in [5.74, 6) is -0.463. The van der Waals surface area contributed by atoms with Gasteiger partial charge < -0.3 is 23.9 Å². The molecule has 1 N–H and O–H groups in total. The number of aromatic nitrogens is 3. The van der Waals surface area contributed by atoms with E-state index in [0.717, 1.165) is 27.6 Å². The Hall–Kier alpha value is -3.51. The van der Waals surface area contributed by atoms with Crippen LogP contribution in [0.2, 0.25) is 0 Å². The van der Waals surface area contributed by atoms with Crippen molar-refractivity contribution in [1.29, 1.82) is 0 Å². The highest BCUT2D eigenvalue weighted by atomic mass is 32.2. The summed E-state index contributed by atoms with van der Waals surface area (Å²) in [7, 11) is 1.26. The monoisotopic (exact) mass is 579 g/mol. The fourth-order valence-electron chi connectivity index (χ4n) is 5.56. The largest absolute Gasteiger partial charge is 0.394 e. The van der Waals surface area contributed by atoms with Crippen LogP contribution in [0.4, 0.5) is 0 Å². The fourth-order valence-corrected chi connectivity index (χ4v) is 6.70. The normalized spacial score (nSPS) is 19.2. The van der Waals surface area contributed by atoms with Crippen LogP contribution in [0.5, 0.6) is 0 Å². The lowest BCUT2D eigenvalue weighted by atomic mass is 9.96. The minimum absolute atomic E-state index is 0.0369. The maximum absolute atomic E-state index is 14.4. The third-order valence-corrected chi connectivity index (χ3v) is 9.73. The molecule has 0 saturated heterocycles. The number of hydrogen-bond donors (Lipinski definition) is 1. The Morgan fingerprint density at radius 2 is 1.85 bits per heavy atom. The second kappa shape index (κ2) is 11.4. The summed E-state index contributed by atoms with van der Waals surface area (Å²) in [4.78, 5) is 20.1. The first-order valence-electron chi connectivity index (χ1n) is 13.7. The van der Waals surface area contributed by atoms with Gasteiger partial charge in [-0.05, 0) is 24.1 Å². The predicted octanol–water partition coefficient (Wildman–Crippen LogP) is 3.26. The minimum atomic E-state index is -3.86. The average molecular weight is 580 g/mol. The summed E-state index contributed by atoms with van der Waals surface area (Å²) in [5, 5.41) is 11.1. The Bertz CT molecular complexity index is 1680. The first-order valence-corrected chi connectivity index (χ1v) is 15.1. The van der Waals surface area contributed by atoms with Gasteiger partial charge in [0, 0.05) is 62.8 Å². The summed E-state index contributed by atoms with van der Waals surface area (Å²) in [6.45, 7) is 4.10. The van der Waals surface area contributed by atoms with Crippen molar-refractivity contribution in [1.82, 2.24) is 23.3 Å². The van der Waals surface area contributed by atoms with Crippen LogP contribution < -0.4 is 0 Å². The molecule has 10 nitrogen and oxygen atoms in total. The molecule has 2 aromatic heterocycles. The van der Waals surface area contributed by atoms with Gasteiger partial charge >= 0.3 is 0 Å². The van der Waals surface area contributed by atoms with Crippen molar-refractivity contribution >= 4 is 26.8 Å². The van der Waals surface area contributed by atoms with Crippen LogP contribution in [0, 0.1) is 5.92 Å². The van der Waals surface area contributed by atoms with Gasteiger partial charge in [0.25, 0.3) is 15.9 Å². The number of fused-ring (bicyclic) bond motifs is 5. The average Bonchev–Trinajstić information content (AvgIpc) is 3.53. The van der Waals surface area contributed by atoms with Crippen LogP contribution in [-0.2, 0) is 35.5 Å². The van der Waals surface area contributed by atoms with E-state index in [2.05, 4.69) is 4.98 Å². The van der Waals surface area contributed by atoms with Crippen molar-refractivity contribution < 1.29 is 23.1 Å². The van der Waals surface area contributed by atoms with E-state index in [9.17, 15) is 18.3 Å². The predicted molar refractivity (Wildman–Crippen MR) is 157 cm³/mol. The van der Waals surface area contributed by atoms with Crippen LogP contribution in [0.3, 0.4) is 0 Å². The van der Waals surface area contributed by atoms with Crippen molar-refractivity contribution in [2.24, 2.45) is 20.0 Å². The number of nitrogens with zero attached hydrogens (tertiary/aromatic N) is 5. The molecule has 0 bridgehead atoms. The van der Waals surface area contributed by atoms with Crippen molar-refractivity contribution in [3.8, 4) is 11.1 Å². The van der Waals surface area contributed by atoms with Gasteiger partial charge in [-0.2, -0.15) is 4.31 Å². The second-order valence-corrected chi connectivity index (χ2v) is 12.9. The summed E-state index contributed by atoms with van der Waals surface area (Å²) < 4.78 is 37.9. The second-order valence-electron chi connectivity index (χ2n) is 10.9. The number of carbonyl (C=O) groups excluding carboxylic acids is 1. The Kier molecular flexibility index (Phi) is 8.06. The highest BCUT2D eigenvalue weighted by Gasteiger charge is 2.35. The molecule has 3 heterocycles.